The molecule has 0 atom stereocenters. The summed E-state index contributed by atoms with van der Waals surface area (Å²) < 4.78 is 0. The van der Waals surface area contributed by atoms with Crippen LogP contribution >= 0.6 is 0 Å². The van der Waals surface area contributed by atoms with Gasteiger partial charge in [-0.15, -0.1) is 6.42 Å². The van der Waals surface area contributed by atoms with E-state index in [4.69, 9.17) is 6.42 Å². The fourth-order valence-corrected chi connectivity index (χ4v) is 3.20. The summed E-state index contributed by atoms with van der Waals surface area (Å²) in [6.45, 7) is 4.08. The Morgan fingerprint density at radius 3 is 2.46 bits per heavy atom. The Labute approximate surface area is 140 Å². The van der Waals surface area contributed by atoms with Crippen LogP contribution in [0.5, 0.6) is 0 Å². The molecule has 0 saturated heterocycles. The van der Waals surface area contributed by atoms with Gasteiger partial charge in [-0.3, -0.25) is 5.10 Å². The van der Waals surface area contributed by atoms with Gasteiger partial charge in [-0.05, 0) is 31.5 Å². The molecule has 116 valence electrons. The third kappa shape index (κ3) is 2.22. The molecule has 2 heterocycles. The van der Waals surface area contributed by atoms with Gasteiger partial charge >= 0.3 is 0 Å². The number of hydrogen-bond acceptors (Lipinski definition) is 4. The van der Waals surface area contributed by atoms with E-state index in [1.165, 1.54) is 0 Å². The third-order valence-corrected chi connectivity index (χ3v) is 4.45. The molecule has 0 radical (unpaired) electrons. The molecule has 24 heavy (non-hydrogen) atoms. The minimum absolute atomic E-state index is 0.335. The molecule has 3 rings (SSSR count). The Kier molecular flexibility index (Phi) is 3.82. The number of fused-ring (bicyclic) bond motifs is 1. The largest absolute Gasteiger partial charge is 0.336 e. The van der Waals surface area contributed by atoms with Gasteiger partial charge in [0.25, 0.3) is 0 Å². The van der Waals surface area contributed by atoms with Crippen molar-refractivity contribution in [1.82, 2.24) is 15.1 Å². The van der Waals surface area contributed by atoms with E-state index >= 15 is 0 Å². The first-order valence-electron chi connectivity index (χ1n) is 7.48. The predicted molar refractivity (Wildman–Crippen MR) is 91.0 cm³/mol. The summed E-state index contributed by atoms with van der Waals surface area (Å²) in [7, 11) is 0. The van der Waals surface area contributed by atoms with Crippen LogP contribution in [0.25, 0.3) is 10.9 Å². The van der Waals surface area contributed by atoms with Gasteiger partial charge in [0.2, 0.25) is 0 Å². The number of allylic oxidation sites excluding steroid dienone is 4. The second kappa shape index (κ2) is 5.95. The lowest BCUT2D eigenvalue weighted by Gasteiger charge is -2.34. The quantitative estimate of drug-likeness (QED) is 0.863. The van der Waals surface area contributed by atoms with Gasteiger partial charge in [-0.25, -0.2) is 0 Å². The molecule has 1 aliphatic rings. The first-order chi connectivity index (χ1) is 11.6. The molecule has 0 unspecified atom stereocenters. The van der Waals surface area contributed by atoms with Gasteiger partial charge in [0.05, 0.1) is 47.5 Å². The van der Waals surface area contributed by atoms with Crippen LogP contribution < -0.4 is 0 Å². The minimum Gasteiger partial charge on any atom is -0.336 e. The Balaban J connectivity index is 2.22. The number of benzene rings is 1. The first-order valence-corrected chi connectivity index (χ1v) is 7.48. The highest BCUT2D eigenvalue weighted by molar-refractivity contribution is 5.79. The Bertz CT molecular complexity index is 963. The molecule has 0 spiro atoms. The van der Waals surface area contributed by atoms with Crippen molar-refractivity contribution in [2.45, 2.75) is 19.8 Å². The van der Waals surface area contributed by atoms with Crippen LogP contribution in [-0.2, 0) is 0 Å². The molecule has 1 N–H and O–H groups in total. The van der Waals surface area contributed by atoms with E-state index in [2.05, 4.69) is 28.3 Å². The summed E-state index contributed by atoms with van der Waals surface area (Å²) in [5, 5.41) is 27.3. The number of aromatic amines is 1. The molecule has 5 heteroatoms. The lowest BCUT2D eigenvalue weighted by molar-refractivity contribution is 0.454. The van der Waals surface area contributed by atoms with Crippen molar-refractivity contribution < 1.29 is 0 Å². The average Bonchev–Trinajstić information content (AvgIpc) is 3.05. The van der Waals surface area contributed by atoms with Crippen molar-refractivity contribution in [2.75, 3.05) is 6.54 Å². The Morgan fingerprint density at radius 1 is 1.21 bits per heavy atom. The van der Waals surface area contributed by atoms with Gasteiger partial charge in [-0.1, -0.05) is 12.0 Å². The van der Waals surface area contributed by atoms with Gasteiger partial charge < -0.3 is 4.90 Å². The molecule has 1 aromatic heterocycles. The van der Waals surface area contributed by atoms with Crippen molar-refractivity contribution in [3.8, 4) is 24.5 Å². The molecule has 0 amide bonds. The zero-order chi connectivity index (χ0) is 17.3. The van der Waals surface area contributed by atoms with E-state index in [1.807, 2.05) is 36.9 Å². The Morgan fingerprint density at radius 2 is 1.88 bits per heavy atom. The van der Waals surface area contributed by atoms with E-state index in [9.17, 15) is 10.5 Å². The summed E-state index contributed by atoms with van der Waals surface area (Å²) >= 11 is 0. The lowest BCUT2D eigenvalue weighted by atomic mass is 9.80. The lowest BCUT2D eigenvalue weighted by Crippen LogP contribution is -2.29. The normalized spacial score (nSPS) is 15.4. The molecule has 5 nitrogen and oxygen atoms in total. The van der Waals surface area contributed by atoms with Gasteiger partial charge in [-0.2, -0.15) is 15.6 Å². The van der Waals surface area contributed by atoms with Gasteiger partial charge in [0, 0.05) is 16.8 Å². The minimum atomic E-state index is -0.381. The smallest absolute Gasteiger partial charge is 0.0975 e. The fraction of sp³-hybridized carbons (Fsp3) is 0.211. The number of rotatable bonds is 2. The number of terminal acetylenes is 1. The van der Waals surface area contributed by atoms with Gasteiger partial charge in [0.1, 0.15) is 0 Å². The van der Waals surface area contributed by atoms with E-state index in [0.29, 0.717) is 17.7 Å². The van der Waals surface area contributed by atoms with Crippen LogP contribution in [0.3, 0.4) is 0 Å². The number of hydrogen-bond donors (Lipinski definition) is 1. The van der Waals surface area contributed by atoms with Crippen LogP contribution in [0, 0.1) is 35.0 Å². The number of aromatic nitrogens is 2. The van der Waals surface area contributed by atoms with E-state index in [0.717, 1.165) is 27.9 Å². The maximum Gasteiger partial charge on any atom is 0.0975 e. The fourth-order valence-electron chi connectivity index (χ4n) is 3.20. The second-order valence-electron chi connectivity index (χ2n) is 5.66. The molecule has 2 aromatic rings. The summed E-state index contributed by atoms with van der Waals surface area (Å²) in [4.78, 5) is 1.85. The van der Waals surface area contributed by atoms with Crippen LogP contribution in [0.4, 0.5) is 0 Å². The standard InChI is InChI=1S/C19H15N5/c1-4-7-24-12(2)16(9-20)19(17(10-21)13(24)3)14-5-6-18-15(8-14)11-22-23-18/h1,5-6,8,11,19H,7H2,2-3H3,(H,22,23). The number of H-pyrrole nitrogens is 1. The number of nitriles is 2. The van der Waals surface area contributed by atoms with E-state index in [-0.39, 0.29) is 5.92 Å². The van der Waals surface area contributed by atoms with Crippen LogP contribution in [0.2, 0.25) is 0 Å². The molecule has 1 aliphatic heterocycles. The highest BCUT2D eigenvalue weighted by Gasteiger charge is 2.32. The molecule has 0 fully saturated rings. The van der Waals surface area contributed by atoms with Crippen molar-refractivity contribution in [1.29, 1.82) is 10.5 Å². The van der Waals surface area contributed by atoms with Crippen molar-refractivity contribution in [3.63, 3.8) is 0 Å². The highest BCUT2D eigenvalue weighted by atomic mass is 15.1. The second-order valence-corrected chi connectivity index (χ2v) is 5.66. The van der Waals surface area contributed by atoms with Crippen molar-refractivity contribution in [3.05, 3.63) is 52.5 Å². The van der Waals surface area contributed by atoms with Crippen LogP contribution in [0.1, 0.15) is 25.3 Å². The molecule has 0 aliphatic carbocycles. The average molecular weight is 313 g/mol. The maximum atomic E-state index is 9.72. The maximum absolute atomic E-state index is 9.72. The molecule has 0 bridgehead atoms. The molecule has 0 saturated carbocycles. The number of nitrogens with zero attached hydrogens (tertiary/aromatic N) is 4. The summed E-state index contributed by atoms with van der Waals surface area (Å²) in [6.07, 6.45) is 7.17. The highest BCUT2D eigenvalue weighted by Crippen LogP contribution is 2.41. The molecule has 1 aromatic carbocycles. The van der Waals surface area contributed by atoms with Gasteiger partial charge in [0.15, 0.2) is 0 Å². The molecular formula is C19H15N5. The summed E-state index contributed by atoms with van der Waals surface area (Å²) in [5.74, 6) is 2.21. The summed E-state index contributed by atoms with van der Waals surface area (Å²) in [6, 6.07) is 10.4. The molecular weight excluding hydrogens is 298 g/mol. The zero-order valence-corrected chi connectivity index (χ0v) is 13.5. The van der Waals surface area contributed by atoms with Crippen LogP contribution in [-0.4, -0.2) is 21.6 Å². The van der Waals surface area contributed by atoms with Crippen LogP contribution in [0.15, 0.2) is 46.9 Å². The summed E-state index contributed by atoms with van der Waals surface area (Å²) in [5.41, 5.74) is 4.51. The number of nitrogens with one attached hydrogen (secondary N) is 1. The van der Waals surface area contributed by atoms with Crippen molar-refractivity contribution in [2.24, 2.45) is 0 Å². The van der Waals surface area contributed by atoms with E-state index in [1.54, 1.807) is 6.20 Å². The van der Waals surface area contributed by atoms with E-state index < -0.39 is 0 Å². The van der Waals surface area contributed by atoms with Crippen molar-refractivity contribution >= 4 is 10.9 Å². The monoisotopic (exact) mass is 313 g/mol. The topological polar surface area (TPSA) is 79.5 Å². The predicted octanol–water partition coefficient (Wildman–Crippen LogP) is 3.19. The Hall–Kier alpha value is -3.49. The first kappa shape index (κ1) is 15.4. The third-order valence-electron chi connectivity index (χ3n) is 4.45. The SMILES string of the molecule is C#CCN1C(C)=C(C#N)C(c2ccc3[nH]ncc3c2)C(C#N)=C1C. The zero-order valence-electron chi connectivity index (χ0n) is 13.5.